The molecule has 9 nitrogen and oxygen atoms in total. The van der Waals surface area contributed by atoms with Gasteiger partial charge in [-0.1, -0.05) is 6.07 Å². The molecule has 0 bridgehead atoms. The Bertz CT molecular complexity index is 835. The van der Waals surface area contributed by atoms with E-state index in [1.807, 2.05) is 18.2 Å². The maximum Gasteiger partial charge on any atom is 0.248 e. The zero-order valence-corrected chi connectivity index (χ0v) is 15.6. The highest BCUT2D eigenvalue weighted by Gasteiger charge is 2.32. The summed E-state index contributed by atoms with van der Waals surface area (Å²) in [5.74, 6) is 1.62. The van der Waals surface area contributed by atoms with E-state index in [-0.39, 0.29) is 30.1 Å². The number of methoxy groups -OCH3 is 2. The number of nitrogens with zero attached hydrogens (tertiary/aromatic N) is 3. The molecule has 2 amide bonds. The molecule has 0 aliphatic carbocycles. The monoisotopic (exact) mass is 373 g/mol. The Labute approximate surface area is 157 Å². The molecule has 1 fully saturated rings. The lowest BCUT2D eigenvalue weighted by atomic mass is 10.1. The van der Waals surface area contributed by atoms with Crippen LogP contribution in [0.4, 0.5) is 5.95 Å². The van der Waals surface area contributed by atoms with Gasteiger partial charge in [0.25, 0.3) is 0 Å². The van der Waals surface area contributed by atoms with Crippen molar-refractivity contribution in [1.82, 2.24) is 20.1 Å². The van der Waals surface area contributed by atoms with Crippen LogP contribution in [0.2, 0.25) is 0 Å². The minimum atomic E-state index is -0.365. The Kier molecular flexibility index (Phi) is 5.58. The quantitative estimate of drug-likeness (QED) is 0.750. The molecule has 9 heteroatoms. The summed E-state index contributed by atoms with van der Waals surface area (Å²) in [4.78, 5) is 29.6. The summed E-state index contributed by atoms with van der Waals surface area (Å²) in [5.41, 5.74) is 1.07. The van der Waals surface area contributed by atoms with E-state index in [1.54, 1.807) is 26.2 Å². The molecule has 3 rings (SSSR count). The van der Waals surface area contributed by atoms with E-state index in [4.69, 9.17) is 9.47 Å². The standard InChI is InChI=1S/C18H23N5O4/c1-23-10-12(9-16(23)24)17(25)20-18-19-15(21-22-18)7-5-11-4-6-13(26-2)14(8-11)27-3/h4,6,8,12H,5,7,9-10H2,1-3H3,(H2,19,20,21,22,25). The van der Waals surface area contributed by atoms with E-state index in [1.165, 1.54) is 0 Å². The second kappa shape index (κ2) is 8.07. The molecule has 2 N–H and O–H groups in total. The fourth-order valence-corrected chi connectivity index (χ4v) is 3.01. The van der Waals surface area contributed by atoms with E-state index < -0.39 is 0 Å². The molecule has 0 spiro atoms. The number of nitrogens with one attached hydrogen (secondary N) is 2. The highest BCUT2D eigenvalue weighted by atomic mass is 16.5. The van der Waals surface area contributed by atoms with Crippen LogP contribution in [0.25, 0.3) is 0 Å². The number of ether oxygens (including phenoxy) is 2. The first-order valence-corrected chi connectivity index (χ1v) is 8.67. The lowest BCUT2D eigenvalue weighted by Gasteiger charge is -2.09. The van der Waals surface area contributed by atoms with Crippen LogP contribution < -0.4 is 14.8 Å². The van der Waals surface area contributed by atoms with Crippen LogP contribution in [0.3, 0.4) is 0 Å². The molecule has 1 saturated heterocycles. The summed E-state index contributed by atoms with van der Waals surface area (Å²) in [6.07, 6.45) is 1.58. The summed E-state index contributed by atoms with van der Waals surface area (Å²) in [7, 11) is 4.89. The van der Waals surface area contributed by atoms with Gasteiger partial charge in [0.05, 0.1) is 20.1 Å². The van der Waals surface area contributed by atoms with E-state index in [0.29, 0.717) is 30.3 Å². The van der Waals surface area contributed by atoms with Crippen molar-refractivity contribution >= 4 is 17.8 Å². The number of carbonyl (C=O) groups is 2. The first-order valence-electron chi connectivity index (χ1n) is 8.67. The zero-order valence-electron chi connectivity index (χ0n) is 15.6. The molecule has 0 saturated carbocycles. The number of H-pyrrole nitrogens is 1. The van der Waals surface area contributed by atoms with Gasteiger partial charge in [-0.3, -0.25) is 20.0 Å². The number of rotatable bonds is 7. The molecular weight excluding hydrogens is 350 g/mol. The molecule has 144 valence electrons. The fourth-order valence-electron chi connectivity index (χ4n) is 3.01. The van der Waals surface area contributed by atoms with Crippen molar-refractivity contribution < 1.29 is 19.1 Å². The molecule has 1 aromatic carbocycles. The largest absolute Gasteiger partial charge is 0.493 e. The lowest BCUT2D eigenvalue weighted by Crippen LogP contribution is -2.26. The summed E-state index contributed by atoms with van der Waals surface area (Å²) in [6, 6.07) is 5.75. The maximum absolute atomic E-state index is 12.2. The van der Waals surface area contributed by atoms with Gasteiger partial charge in [0.2, 0.25) is 17.8 Å². The SMILES string of the molecule is COc1ccc(CCc2nc(NC(=O)C3CC(=O)N(C)C3)n[nH]2)cc1OC. The van der Waals surface area contributed by atoms with Gasteiger partial charge in [-0.25, -0.2) is 0 Å². The van der Waals surface area contributed by atoms with Crippen LogP contribution in [0.1, 0.15) is 17.8 Å². The number of carbonyl (C=O) groups excluding carboxylic acids is 2. The highest BCUT2D eigenvalue weighted by molar-refractivity contribution is 5.96. The van der Waals surface area contributed by atoms with E-state index in [0.717, 1.165) is 12.0 Å². The molecule has 1 aliphatic heterocycles. The second-order valence-electron chi connectivity index (χ2n) is 6.46. The normalized spacial score (nSPS) is 16.5. The zero-order chi connectivity index (χ0) is 19.4. The molecule has 27 heavy (non-hydrogen) atoms. The number of amides is 2. The number of aryl methyl sites for hydroxylation is 2. The molecular formula is C18H23N5O4. The van der Waals surface area contributed by atoms with Gasteiger partial charge in [0, 0.05) is 26.4 Å². The van der Waals surface area contributed by atoms with Gasteiger partial charge < -0.3 is 14.4 Å². The van der Waals surface area contributed by atoms with E-state index >= 15 is 0 Å². The molecule has 1 aromatic heterocycles. The first kappa shape index (κ1) is 18.7. The summed E-state index contributed by atoms with van der Waals surface area (Å²) >= 11 is 0. The molecule has 0 radical (unpaired) electrons. The maximum atomic E-state index is 12.2. The summed E-state index contributed by atoms with van der Waals surface area (Å²) < 4.78 is 10.5. The van der Waals surface area contributed by atoms with E-state index in [9.17, 15) is 9.59 Å². The van der Waals surface area contributed by atoms with Crippen LogP contribution in [0.15, 0.2) is 18.2 Å². The van der Waals surface area contributed by atoms with Crippen molar-refractivity contribution in [1.29, 1.82) is 0 Å². The van der Waals surface area contributed by atoms with Gasteiger partial charge >= 0.3 is 0 Å². The van der Waals surface area contributed by atoms with Gasteiger partial charge in [0.1, 0.15) is 5.82 Å². The summed E-state index contributed by atoms with van der Waals surface area (Å²) in [5, 5.41) is 9.53. The van der Waals surface area contributed by atoms with Gasteiger partial charge in [-0.2, -0.15) is 4.98 Å². The predicted molar refractivity (Wildman–Crippen MR) is 97.7 cm³/mol. The third-order valence-electron chi connectivity index (χ3n) is 4.58. The van der Waals surface area contributed by atoms with E-state index in [2.05, 4.69) is 20.5 Å². The number of anilines is 1. The number of hydrogen-bond donors (Lipinski definition) is 2. The minimum Gasteiger partial charge on any atom is -0.493 e. The third-order valence-corrected chi connectivity index (χ3v) is 4.58. The van der Waals surface area contributed by atoms with Crippen molar-refractivity contribution in [2.45, 2.75) is 19.3 Å². The van der Waals surface area contributed by atoms with Gasteiger partial charge in [-0.05, 0) is 24.1 Å². The number of aromatic nitrogens is 3. The minimum absolute atomic E-state index is 0.0271. The average molecular weight is 373 g/mol. The topological polar surface area (TPSA) is 109 Å². The van der Waals surface area contributed by atoms with Crippen molar-refractivity contribution in [3.8, 4) is 11.5 Å². The van der Waals surface area contributed by atoms with Crippen molar-refractivity contribution in [3.05, 3.63) is 29.6 Å². The van der Waals surface area contributed by atoms with Crippen LogP contribution in [0, 0.1) is 5.92 Å². The fraction of sp³-hybridized carbons (Fsp3) is 0.444. The Morgan fingerprint density at radius 1 is 1.30 bits per heavy atom. The molecule has 1 aliphatic rings. The van der Waals surface area contributed by atoms with Crippen molar-refractivity contribution in [2.24, 2.45) is 5.92 Å². The Morgan fingerprint density at radius 3 is 2.74 bits per heavy atom. The number of benzene rings is 1. The molecule has 1 unspecified atom stereocenters. The lowest BCUT2D eigenvalue weighted by molar-refractivity contribution is -0.127. The average Bonchev–Trinajstić information content (AvgIpc) is 3.26. The number of aromatic amines is 1. The van der Waals surface area contributed by atoms with Crippen molar-refractivity contribution in [2.75, 3.05) is 33.1 Å². The molecule has 2 heterocycles. The Hall–Kier alpha value is -3.10. The first-order chi connectivity index (χ1) is 13.0. The number of hydrogen-bond acceptors (Lipinski definition) is 6. The molecule has 2 aromatic rings. The highest BCUT2D eigenvalue weighted by Crippen LogP contribution is 2.28. The predicted octanol–water partition coefficient (Wildman–Crippen LogP) is 1.02. The van der Waals surface area contributed by atoms with Crippen LogP contribution in [0.5, 0.6) is 11.5 Å². The number of likely N-dealkylation sites (tertiary alicyclic amines) is 1. The third kappa shape index (κ3) is 4.36. The van der Waals surface area contributed by atoms with Gasteiger partial charge in [0.15, 0.2) is 11.5 Å². The van der Waals surface area contributed by atoms with Crippen LogP contribution >= 0.6 is 0 Å². The van der Waals surface area contributed by atoms with Crippen molar-refractivity contribution in [3.63, 3.8) is 0 Å². The Balaban J connectivity index is 1.55. The Morgan fingerprint density at radius 2 is 2.07 bits per heavy atom. The van der Waals surface area contributed by atoms with Gasteiger partial charge in [-0.15, -0.1) is 5.10 Å². The summed E-state index contributed by atoms with van der Waals surface area (Å²) in [6.45, 7) is 0.418. The van der Waals surface area contributed by atoms with Crippen LogP contribution in [-0.2, 0) is 22.4 Å². The molecule has 1 atom stereocenters. The smallest absolute Gasteiger partial charge is 0.248 e. The second-order valence-corrected chi connectivity index (χ2v) is 6.46. The van der Waals surface area contributed by atoms with Crippen LogP contribution in [-0.4, -0.2) is 59.7 Å².